The zero-order chi connectivity index (χ0) is 13.1. The van der Waals surface area contributed by atoms with E-state index in [0.717, 1.165) is 0 Å². The second-order valence-electron chi connectivity index (χ2n) is 3.37. The molecule has 0 bridgehead atoms. The second kappa shape index (κ2) is 5.32. The molecule has 1 N–H and O–H groups in total. The van der Waals surface area contributed by atoms with E-state index in [9.17, 15) is 10.1 Å². The Labute approximate surface area is 112 Å². The van der Waals surface area contributed by atoms with Crippen LogP contribution in [0.1, 0.15) is 5.82 Å². The van der Waals surface area contributed by atoms with Crippen LogP contribution < -0.4 is 5.32 Å². The third-order valence-electron chi connectivity index (χ3n) is 2.16. The number of hydrogen-bond acceptors (Lipinski definition) is 7. The summed E-state index contributed by atoms with van der Waals surface area (Å²) in [5.74, 6) is 0.676. The first kappa shape index (κ1) is 12.8. The molecule has 1 aromatic carbocycles. The summed E-state index contributed by atoms with van der Waals surface area (Å²) in [5.41, 5.74) is 0.559. The summed E-state index contributed by atoms with van der Waals surface area (Å²) in [6.07, 6.45) is 0. The van der Waals surface area contributed by atoms with Gasteiger partial charge in [-0.1, -0.05) is 17.8 Å². The third-order valence-corrected chi connectivity index (χ3v) is 4.05. The fraction of sp³-hybridized carbons (Fsp3) is 0.200. The normalized spacial score (nSPS) is 10.3. The number of hydrogen-bond donors (Lipinski definition) is 1. The van der Waals surface area contributed by atoms with Crippen LogP contribution in [-0.4, -0.2) is 21.3 Å². The van der Waals surface area contributed by atoms with Gasteiger partial charge in [0.05, 0.1) is 9.82 Å². The van der Waals surface area contributed by atoms with E-state index < -0.39 is 0 Å². The van der Waals surface area contributed by atoms with Crippen molar-refractivity contribution in [3.8, 4) is 0 Å². The summed E-state index contributed by atoms with van der Waals surface area (Å²) in [5, 5.41) is 13.9. The van der Waals surface area contributed by atoms with E-state index in [4.69, 9.17) is 0 Å². The number of aryl methyl sites for hydroxylation is 1. The van der Waals surface area contributed by atoms with Gasteiger partial charge in [0, 0.05) is 7.05 Å². The van der Waals surface area contributed by atoms with Crippen molar-refractivity contribution in [2.45, 2.75) is 16.2 Å². The number of nitrogens with zero attached hydrogens (tertiary/aromatic N) is 3. The van der Waals surface area contributed by atoms with Gasteiger partial charge in [0.15, 0.2) is 4.34 Å². The van der Waals surface area contributed by atoms with Crippen molar-refractivity contribution in [3.63, 3.8) is 0 Å². The SMILES string of the molecule is CNc1cccc(Sc2nc(C)ns2)c1[N+](=O)[O-]. The van der Waals surface area contributed by atoms with Crippen LogP contribution in [0.15, 0.2) is 27.4 Å². The molecule has 2 aromatic rings. The molecule has 1 aromatic heterocycles. The Morgan fingerprint density at radius 2 is 2.28 bits per heavy atom. The van der Waals surface area contributed by atoms with Crippen molar-refractivity contribution in [1.29, 1.82) is 0 Å². The molecule has 0 aliphatic heterocycles. The number of aromatic nitrogens is 2. The predicted molar refractivity (Wildman–Crippen MR) is 71.4 cm³/mol. The average Bonchev–Trinajstić information content (AvgIpc) is 2.74. The molecule has 0 atom stereocenters. The molecule has 0 amide bonds. The molecule has 0 unspecified atom stereocenters. The summed E-state index contributed by atoms with van der Waals surface area (Å²) < 4.78 is 4.75. The molecule has 0 saturated heterocycles. The van der Waals surface area contributed by atoms with E-state index >= 15 is 0 Å². The highest BCUT2D eigenvalue weighted by Crippen LogP contribution is 2.39. The van der Waals surface area contributed by atoms with Crippen LogP contribution in [0.4, 0.5) is 11.4 Å². The molecule has 0 saturated carbocycles. The molecule has 0 radical (unpaired) electrons. The van der Waals surface area contributed by atoms with Gasteiger partial charge in [0.25, 0.3) is 0 Å². The van der Waals surface area contributed by atoms with Gasteiger partial charge in [0.2, 0.25) is 0 Å². The highest BCUT2D eigenvalue weighted by atomic mass is 32.2. The highest BCUT2D eigenvalue weighted by Gasteiger charge is 2.20. The van der Waals surface area contributed by atoms with Crippen molar-refractivity contribution in [2.24, 2.45) is 0 Å². The van der Waals surface area contributed by atoms with Crippen LogP contribution in [0.25, 0.3) is 0 Å². The molecule has 94 valence electrons. The first-order valence-corrected chi connectivity index (χ1v) is 6.64. The van der Waals surface area contributed by atoms with Gasteiger partial charge in [0.1, 0.15) is 11.5 Å². The van der Waals surface area contributed by atoms with Gasteiger partial charge in [-0.2, -0.15) is 4.37 Å². The quantitative estimate of drug-likeness (QED) is 0.686. The number of nitro groups is 1. The fourth-order valence-electron chi connectivity index (χ4n) is 1.41. The Hall–Kier alpha value is -1.67. The Morgan fingerprint density at radius 3 is 2.83 bits per heavy atom. The lowest BCUT2D eigenvalue weighted by Crippen LogP contribution is -1.97. The number of anilines is 1. The maximum absolute atomic E-state index is 11.1. The zero-order valence-electron chi connectivity index (χ0n) is 9.71. The van der Waals surface area contributed by atoms with Crippen LogP contribution in [0.2, 0.25) is 0 Å². The molecule has 0 fully saturated rings. The standard InChI is InChI=1S/C10H10N4O2S2/c1-6-12-10(18-13-6)17-8-5-3-4-7(11-2)9(8)14(15)16/h3-5,11H,1-2H3. The summed E-state index contributed by atoms with van der Waals surface area (Å²) >= 11 is 2.49. The molecule has 2 rings (SSSR count). The molecule has 0 aliphatic carbocycles. The van der Waals surface area contributed by atoms with E-state index in [0.29, 0.717) is 20.7 Å². The Bertz CT molecular complexity index is 585. The minimum Gasteiger partial charge on any atom is -0.383 e. The van der Waals surface area contributed by atoms with Crippen molar-refractivity contribution < 1.29 is 4.92 Å². The van der Waals surface area contributed by atoms with Crippen molar-refractivity contribution in [3.05, 3.63) is 34.1 Å². The van der Waals surface area contributed by atoms with Crippen LogP contribution in [0.5, 0.6) is 0 Å². The molecule has 1 heterocycles. The van der Waals surface area contributed by atoms with E-state index in [1.165, 1.54) is 23.3 Å². The monoisotopic (exact) mass is 282 g/mol. The lowest BCUT2D eigenvalue weighted by atomic mass is 10.3. The van der Waals surface area contributed by atoms with E-state index in [1.807, 2.05) is 0 Å². The minimum atomic E-state index is -0.387. The molecule has 0 aliphatic rings. The van der Waals surface area contributed by atoms with Gasteiger partial charge in [-0.05, 0) is 30.6 Å². The van der Waals surface area contributed by atoms with Crippen molar-refractivity contribution in [2.75, 3.05) is 12.4 Å². The molecular formula is C10H10N4O2S2. The number of para-hydroxylation sites is 1. The van der Waals surface area contributed by atoms with Crippen molar-refractivity contribution in [1.82, 2.24) is 9.36 Å². The average molecular weight is 282 g/mol. The van der Waals surface area contributed by atoms with Gasteiger partial charge in [-0.15, -0.1) is 0 Å². The summed E-state index contributed by atoms with van der Waals surface area (Å²) in [4.78, 5) is 15.5. The second-order valence-corrected chi connectivity index (χ2v) is 5.41. The Balaban J connectivity index is 2.41. The molecule has 8 heteroatoms. The zero-order valence-corrected chi connectivity index (χ0v) is 11.3. The fourth-order valence-corrected chi connectivity index (χ4v) is 3.16. The van der Waals surface area contributed by atoms with E-state index in [-0.39, 0.29) is 10.6 Å². The summed E-state index contributed by atoms with van der Waals surface area (Å²) in [6, 6.07) is 5.16. The van der Waals surface area contributed by atoms with Gasteiger partial charge < -0.3 is 5.32 Å². The molecular weight excluding hydrogens is 272 g/mol. The van der Waals surface area contributed by atoms with E-state index in [2.05, 4.69) is 14.7 Å². The number of nitrogens with one attached hydrogen (secondary N) is 1. The topological polar surface area (TPSA) is 81.0 Å². The first-order chi connectivity index (χ1) is 8.61. The Kier molecular flexibility index (Phi) is 3.78. The number of rotatable bonds is 4. The summed E-state index contributed by atoms with van der Waals surface area (Å²) in [7, 11) is 1.66. The lowest BCUT2D eigenvalue weighted by Gasteiger charge is -2.05. The number of benzene rings is 1. The maximum Gasteiger partial charge on any atom is 0.306 e. The van der Waals surface area contributed by atoms with Gasteiger partial charge in [-0.25, -0.2) is 4.98 Å². The van der Waals surface area contributed by atoms with Crippen LogP contribution in [0.3, 0.4) is 0 Å². The van der Waals surface area contributed by atoms with Crippen LogP contribution in [-0.2, 0) is 0 Å². The van der Waals surface area contributed by atoms with Crippen molar-refractivity contribution >= 4 is 34.7 Å². The summed E-state index contributed by atoms with van der Waals surface area (Å²) in [6.45, 7) is 1.79. The Morgan fingerprint density at radius 1 is 1.50 bits per heavy atom. The van der Waals surface area contributed by atoms with Gasteiger partial charge in [-0.3, -0.25) is 10.1 Å². The van der Waals surface area contributed by atoms with E-state index in [1.54, 1.807) is 32.2 Å². The first-order valence-electron chi connectivity index (χ1n) is 5.05. The third kappa shape index (κ3) is 2.59. The molecule has 18 heavy (non-hydrogen) atoms. The van der Waals surface area contributed by atoms with Crippen LogP contribution >= 0.6 is 23.3 Å². The molecule has 0 spiro atoms. The highest BCUT2D eigenvalue weighted by molar-refractivity contribution is 8.01. The predicted octanol–water partition coefficient (Wildman–Crippen LogP) is 2.95. The molecule has 6 nitrogen and oxygen atoms in total. The van der Waals surface area contributed by atoms with Crippen LogP contribution in [0, 0.1) is 17.0 Å². The lowest BCUT2D eigenvalue weighted by molar-refractivity contribution is -0.386. The number of nitro benzene ring substituents is 1. The van der Waals surface area contributed by atoms with Gasteiger partial charge >= 0.3 is 5.69 Å². The maximum atomic E-state index is 11.1. The smallest absolute Gasteiger partial charge is 0.306 e. The largest absolute Gasteiger partial charge is 0.383 e. The minimum absolute atomic E-state index is 0.0675.